The number of aromatic nitrogens is 2. The highest BCUT2D eigenvalue weighted by Crippen LogP contribution is 2.21. The minimum Gasteiger partial charge on any atom is -0.364 e. The van der Waals surface area contributed by atoms with Gasteiger partial charge in [0, 0.05) is 7.05 Å². The number of carbonyl (C=O) groups is 1. The highest BCUT2D eigenvalue weighted by atomic mass is 16.6. The molecule has 0 radical (unpaired) electrons. The SMILES string of the molecule is Cc1nn(C)c(C(N)=O)c1[N+](=O)[O-]. The van der Waals surface area contributed by atoms with Crippen LogP contribution in [0.1, 0.15) is 16.2 Å². The second-order valence-corrected chi connectivity index (χ2v) is 2.53. The molecule has 1 amide bonds. The average Bonchev–Trinajstić information content (AvgIpc) is 2.24. The van der Waals surface area contributed by atoms with Crippen LogP contribution in [0.2, 0.25) is 0 Å². The first-order valence-electron chi connectivity index (χ1n) is 3.43. The van der Waals surface area contributed by atoms with Crippen LogP contribution in [-0.2, 0) is 7.05 Å². The Kier molecular flexibility index (Phi) is 2.01. The van der Waals surface area contributed by atoms with Gasteiger partial charge in [0.1, 0.15) is 5.69 Å². The molecule has 70 valence electrons. The molecule has 0 saturated carbocycles. The highest BCUT2D eigenvalue weighted by molar-refractivity contribution is 5.95. The molecule has 7 heteroatoms. The molecular formula is C6H8N4O3. The van der Waals surface area contributed by atoms with Crippen molar-refractivity contribution in [3.8, 4) is 0 Å². The largest absolute Gasteiger partial charge is 0.364 e. The monoisotopic (exact) mass is 184 g/mol. The van der Waals surface area contributed by atoms with Crippen molar-refractivity contribution in [1.82, 2.24) is 9.78 Å². The lowest BCUT2D eigenvalue weighted by molar-refractivity contribution is -0.385. The first-order valence-corrected chi connectivity index (χ1v) is 3.43. The maximum Gasteiger partial charge on any atom is 0.322 e. The Morgan fingerprint density at radius 3 is 2.54 bits per heavy atom. The van der Waals surface area contributed by atoms with Gasteiger partial charge in [-0.3, -0.25) is 19.6 Å². The molecule has 0 aliphatic rings. The number of nitro groups is 1. The Labute approximate surface area is 73.3 Å². The second kappa shape index (κ2) is 2.85. The van der Waals surface area contributed by atoms with Crippen LogP contribution in [0.3, 0.4) is 0 Å². The zero-order chi connectivity index (χ0) is 10.2. The summed E-state index contributed by atoms with van der Waals surface area (Å²) < 4.78 is 1.11. The van der Waals surface area contributed by atoms with Crippen LogP contribution in [0.5, 0.6) is 0 Å². The number of rotatable bonds is 2. The van der Waals surface area contributed by atoms with E-state index in [0.717, 1.165) is 4.68 Å². The summed E-state index contributed by atoms with van der Waals surface area (Å²) in [6, 6.07) is 0. The van der Waals surface area contributed by atoms with E-state index in [1.807, 2.05) is 0 Å². The van der Waals surface area contributed by atoms with E-state index in [0.29, 0.717) is 0 Å². The number of carbonyl (C=O) groups excluding carboxylic acids is 1. The van der Waals surface area contributed by atoms with Gasteiger partial charge in [-0.2, -0.15) is 5.10 Å². The molecule has 0 aromatic carbocycles. The normalized spacial score (nSPS) is 10.0. The third-order valence-electron chi connectivity index (χ3n) is 1.61. The van der Waals surface area contributed by atoms with Crippen molar-refractivity contribution in [3.05, 3.63) is 21.5 Å². The van der Waals surface area contributed by atoms with Gasteiger partial charge in [0.25, 0.3) is 5.91 Å². The maximum absolute atomic E-state index is 10.8. The Morgan fingerprint density at radius 2 is 2.23 bits per heavy atom. The standard InChI is InChI=1S/C6H8N4O3/c1-3-4(10(12)13)5(6(7)11)9(2)8-3/h1-2H3,(H2,7,11). The first-order chi connectivity index (χ1) is 5.95. The van der Waals surface area contributed by atoms with Gasteiger partial charge in [0.2, 0.25) is 5.69 Å². The highest BCUT2D eigenvalue weighted by Gasteiger charge is 2.27. The van der Waals surface area contributed by atoms with E-state index in [2.05, 4.69) is 5.10 Å². The van der Waals surface area contributed by atoms with Crippen molar-refractivity contribution in [1.29, 1.82) is 0 Å². The fraction of sp³-hybridized carbons (Fsp3) is 0.333. The van der Waals surface area contributed by atoms with Gasteiger partial charge in [-0.05, 0) is 6.92 Å². The molecule has 0 spiro atoms. The zero-order valence-corrected chi connectivity index (χ0v) is 7.14. The number of nitrogens with zero attached hydrogens (tertiary/aromatic N) is 3. The van der Waals surface area contributed by atoms with E-state index in [1.54, 1.807) is 0 Å². The number of hydrogen-bond donors (Lipinski definition) is 1. The number of nitrogens with two attached hydrogens (primary N) is 1. The van der Waals surface area contributed by atoms with Crippen molar-refractivity contribution < 1.29 is 9.72 Å². The van der Waals surface area contributed by atoms with Crippen LogP contribution in [0, 0.1) is 17.0 Å². The molecule has 1 aromatic heterocycles. The van der Waals surface area contributed by atoms with Crippen LogP contribution >= 0.6 is 0 Å². The first kappa shape index (κ1) is 9.17. The van der Waals surface area contributed by atoms with Crippen LogP contribution in [-0.4, -0.2) is 20.6 Å². The maximum atomic E-state index is 10.8. The van der Waals surface area contributed by atoms with E-state index in [4.69, 9.17) is 5.73 Å². The summed E-state index contributed by atoms with van der Waals surface area (Å²) in [7, 11) is 1.43. The average molecular weight is 184 g/mol. The van der Waals surface area contributed by atoms with Crippen molar-refractivity contribution in [2.24, 2.45) is 12.8 Å². The van der Waals surface area contributed by atoms with Gasteiger partial charge in [-0.25, -0.2) is 0 Å². The third kappa shape index (κ3) is 1.35. The number of primary amides is 1. The van der Waals surface area contributed by atoms with Crippen LogP contribution in [0.4, 0.5) is 5.69 Å². The van der Waals surface area contributed by atoms with Crippen LogP contribution in [0.15, 0.2) is 0 Å². The number of amides is 1. The molecule has 0 atom stereocenters. The van der Waals surface area contributed by atoms with Crippen LogP contribution in [0.25, 0.3) is 0 Å². The molecule has 7 nitrogen and oxygen atoms in total. The zero-order valence-electron chi connectivity index (χ0n) is 7.14. The van der Waals surface area contributed by atoms with Gasteiger partial charge < -0.3 is 5.73 Å². The van der Waals surface area contributed by atoms with Crippen molar-refractivity contribution in [2.45, 2.75) is 6.92 Å². The fourth-order valence-electron chi connectivity index (χ4n) is 1.14. The smallest absolute Gasteiger partial charge is 0.322 e. The van der Waals surface area contributed by atoms with Crippen molar-refractivity contribution in [2.75, 3.05) is 0 Å². The lowest BCUT2D eigenvalue weighted by atomic mass is 10.3. The molecule has 13 heavy (non-hydrogen) atoms. The predicted octanol–water partition coefficient (Wildman–Crippen LogP) is -0.264. The summed E-state index contributed by atoms with van der Waals surface area (Å²) in [5.74, 6) is -0.852. The molecule has 1 aromatic rings. The van der Waals surface area contributed by atoms with Crippen LogP contribution < -0.4 is 5.73 Å². The summed E-state index contributed by atoms with van der Waals surface area (Å²) in [5.41, 5.74) is 4.64. The van der Waals surface area contributed by atoms with E-state index < -0.39 is 10.8 Å². The van der Waals surface area contributed by atoms with Gasteiger partial charge in [0.15, 0.2) is 0 Å². The Morgan fingerprint density at radius 1 is 1.69 bits per heavy atom. The van der Waals surface area contributed by atoms with E-state index in [1.165, 1.54) is 14.0 Å². The summed E-state index contributed by atoms with van der Waals surface area (Å²) >= 11 is 0. The van der Waals surface area contributed by atoms with E-state index >= 15 is 0 Å². The summed E-state index contributed by atoms with van der Waals surface area (Å²) in [6.07, 6.45) is 0. The predicted molar refractivity (Wildman–Crippen MR) is 43.1 cm³/mol. The Bertz CT molecular complexity index is 347. The van der Waals surface area contributed by atoms with Gasteiger partial charge in [0.05, 0.1) is 4.92 Å². The summed E-state index contributed by atoms with van der Waals surface area (Å²) in [6.45, 7) is 1.45. The molecule has 2 N–H and O–H groups in total. The Hall–Kier alpha value is -1.92. The van der Waals surface area contributed by atoms with Gasteiger partial charge in [-0.15, -0.1) is 0 Å². The van der Waals surface area contributed by atoms with E-state index in [9.17, 15) is 14.9 Å². The van der Waals surface area contributed by atoms with E-state index in [-0.39, 0.29) is 17.1 Å². The molecule has 0 aliphatic carbocycles. The summed E-state index contributed by atoms with van der Waals surface area (Å²) in [4.78, 5) is 20.7. The third-order valence-corrected chi connectivity index (χ3v) is 1.61. The number of aryl methyl sites for hydroxylation is 2. The molecule has 0 aliphatic heterocycles. The number of hydrogen-bond acceptors (Lipinski definition) is 4. The molecule has 0 saturated heterocycles. The van der Waals surface area contributed by atoms with Crippen molar-refractivity contribution >= 4 is 11.6 Å². The van der Waals surface area contributed by atoms with Gasteiger partial charge in [-0.1, -0.05) is 0 Å². The lowest BCUT2D eigenvalue weighted by Gasteiger charge is -1.93. The lowest BCUT2D eigenvalue weighted by Crippen LogP contribution is -2.17. The van der Waals surface area contributed by atoms with Crippen molar-refractivity contribution in [3.63, 3.8) is 0 Å². The summed E-state index contributed by atoms with van der Waals surface area (Å²) in [5, 5.41) is 14.2. The molecule has 0 unspecified atom stereocenters. The topological polar surface area (TPSA) is 104 Å². The second-order valence-electron chi connectivity index (χ2n) is 2.53. The Balaban J connectivity index is 3.47. The fourth-order valence-corrected chi connectivity index (χ4v) is 1.14. The molecule has 0 fully saturated rings. The molecule has 1 rings (SSSR count). The molecule has 0 bridgehead atoms. The van der Waals surface area contributed by atoms with Gasteiger partial charge >= 0.3 is 5.69 Å². The minimum atomic E-state index is -0.852. The quantitative estimate of drug-likeness (QED) is 0.504. The minimum absolute atomic E-state index is 0.178. The molecule has 1 heterocycles. The molecular weight excluding hydrogens is 176 g/mol.